The highest BCUT2D eigenvalue weighted by atomic mass is 32.1. The van der Waals surface area contributed by atoms with E-state index >= 15 is 0 Å². The first kappa shape index (κ1) is 12.4. The number of nitrogens with one attached hydrogen (secondary N) is 1. The minimum absolute atomic E-state index is 0.0853. The number of thiophene rings is 1. The lowest BCUT2D eigenvalue weighted by Gasteiger charge is -2.30. The monoisotopic (exact) mass is 252 g/mol. The fraction of sp³-hybridized carbons (Fsp3) is 0.615. The van der Waals surface area contributed by atoms with Crippen LogP contribution in [0.4, 0.5) is 4.79 Å². The Bertz CT molecular complexity index is 389. The minimum atomic E-state index is 0.0853. The van der Waals surface area contributed by atoms with Gasteiger partial charge in [0.25, 0.3) is 0 Å². The number of rotatable bonds is 2. The van der Waals surface area contributed by atoms with E-state index in [0.29, 0.717) is 12.5 Å². The van der Waals surface area contributed by atoms with E-state index < -0.39 is 0 Å². The molecule has 1 saturated heterocycles. The van der Waals surface area contributed by atoms with Gasteiger partial charge >= 0.3 is 6.03 Å². The van der Waals surface area contributed by atoms with Crippen LogP contribution in [0.1, 0.15) is 30.9 Å². The highest BCUT2D eigenvalue weighted by Gasteiger charge is 2.20. The van der Waals surface area contributed by atoms with Crippen molar-refractivity contribution in [1.82, 2.24) is 10.2 Å². The Morgan fingerprint density at radius 2 is 2.41 bits per heavy atom. The van der Waals surface area contributed by atoms with Crippen LogP contribution in [0.15, 0.2) is 10.8 Å². The van der Waals surface area contributed by atoms with Crippen LogP contribution in [0.2, 0.25) is 0 Å². The standard InChI is InChI=1S/C13H20N2OS/c1-10-4-3-5-15(7-10)13(16)14-6-12-9-17-8-11(12)2/h8-10H,3-7H2,1-2H3,(H,14,16). The first-order valence-corrected chi connectivity index (χ1v) is 7.15. The Kier molecular flexibility index (Phi) is 4.05. The number of piperidine rings is 1. The van der Waals surface area contributed by atoms with Crippen molar-refractivity contribution in [1.29, 1.82) is 0 Å². The lowest BCUT2D eigenvalue weighted by Crippen LogP contribution is -2.44. The van der Waals surface area contributed by atoms with Gasteiger partial charge in [-0.15, -0.1) is 0 Å². The third kappa shape index (κ3) is 3.22. The van der Waals surface area contributed by atoms with E-state index in [1.54, 1.807) is 11.3 Å². The zero-order chi connectivity index (χ0) is 12.3. The maximum atomic E-state index is 12.0. The molecule has 4 heteroatoms. The van der Waals surface area contributed by atoms with Gasteiger partial charge in [-0.25, -0.2) is 4.79 Å². The molecule has 1 unspecified atom stereocenters. The van der Waals surface area contributed by atoms with E-state index in [4.69, 9.17) is 0 Å². The molecule has 0 spiro atoms. The molecule has 0 bridgehead atoms. The van der Waals surface area contributed by atoms with Gasteiger partial charge in [-0.05, 0) is 47.6 Å². The Balaban J connectivity index is 1.83. The van der Waals surface area contributed by atoms with E-state index in [2.05, 4.69) is 29.9 Å². The molecule has 94 valence electrons. The number of urea groups is 1. The predicted molar refractivity (Wildman–Crippen MR) is 71.3 cm³/mol. The molecule has 2 rings (SSSR count). The SMILES string of the molecule is Cc1cscc1CNC(=O)N1CCCC(C)C1. The van der Waals surface area contributed by atoms with Crippen LogP contribution in [0, 0.1) is 12.8 Å². The first-order valence-electron chi connectivity index (χ1n) is 6.21. The summed E-state index contributed by atoms with van der Waals surface area (Å²) in [5.74, 6) is 0.636. The van der Waals surface area contributed by atoms with Crippen LogP contribution in [0.3, 0.4) is 0 Å². The van der Waals surface area contributed by atoms with E-state index in [9.17, 15) is 4.79 Å². The molecule has 1 aromatic rings. The second kappa shape index (κ2) is 5.54. The topological polar surface area (TPSA) is 32.3 Å². The summed E-state index contributed by atoms with van der Waals surface area (Å²) in [5, 5.41) is 7.23. The van der Waals surface area contributed by atoms with Crippen LogP contribution in [0.25, 0.3) is 0 Å². The molecule has 17 heavy (non-hydrogen) atoms. The number of amides is 2. The van der Waals surface area contributed by atoms with E-state index in [1.807, 2.05) is 4.90 Å². The molecule has 1 fully saturated rings. The summed E-state index contributed by atoms with van der Waals surface area (Å²) in [4.78, 5) is 13.9. The zero-order valence-electron chi connectivity index (χ0n) is 10.5. The van der Waals surface area contributed by atoms with Crippen molar-refractivity contribution < 1.29 is 4.79 Å². The summed E-state index contributed by atoms with van der Waals surface area (Å²) < 4.78 is 0. The van der Waals surface area contributed by atoms with Crippen molar-refractivity contribution in [2.75, 3.05) is 13.1 Å². The van der Waals surface area contributed by atoms with Crippen molar-refractivity contribution in [2.24, 2.45) is 5.92 Å². The highest BCUT2D eigenvalue weighted by Crippen LogP contribution is 2.16. The Morgan fingerprint density at radius 3 is 3.06 bits per heavy atom. The summed E-state index contributed by atoms with van der Waals surface area (Å²) in [6.07, 6.45) is 2.37. The summed E-state index contributed by atoms with van der Waals surface area (Å²) in [6.45, 7) is 6.75. The van der Waals surface area contributed by atoms with Gasteiger partial charge in [0, 0.05) is 19.6 Å². The molecule has 2 heterocycles. The summed E-state index contributed by atoms with van der Waals surface area (Å²) in [7, 11) is 0. The number of hydrogen-bond donors (Lipinski definition) is 1. The largest absolute Gasteiger partial charge is 0.334 e. The second-order valence-corrected chi connectivity index (χ2v) is 5.68. The number of aryl methyl sites for hydroxylation is 1. The maximum absolute atomic E-state index is 12.0. The predicted octanol–water partition coefficient (Wildman–Crippen LogP) is 3.00. The Labute approximate surface area is 107 Å². The molecule has 1 aliphatic rings. The molecule has 2 amide bonds. The van der Waals surface area contributed by atoms with E-state index in [1.165, 1.54) is 17.5 Å². The average Bonchev–Trinajstić information content (AvgIpc) is 2.72. The lowest BCUT2D eigenvalue weighted by atomic mass is 10.0. The molecular formula is C13H20N2OS. The fourth-order valence-corrected chi connectivity index (χ4v) is 3.08. The molecule has 3 nitrogen and oxygen atoms in total. The van der Waals surface area contributed by atoms with Crippen molar-refractivity contribution in [2.45, 2.75) is 33.2 Å². The minimum Gasteiger partial charge on any atom is -0.334 e. The average molecular weight is 252 g/mol. The van der Waals surface area contributed by atoms with Crippen LogP contribution in [-0.2, 0) is 6.54 Å². The fourth-order valence-electron chi connectivity index (χ4n) is 2.22. The molecule has 1 atom stereocenters. The van der Waals surface area contributed by atoms with Gasteiger partial charge in [0.2, 0.25) is 0 Å². The van der Waals surface area contributed by atoms with Crippen molar-refractivity contribution in [3.63, 3.8) is 0 Å². The number of carbonyl (C=O) groups is 1. The van der Waals surface area contributed by atoms with Gasteiger partial charge in [-0.2, -0.15) is 11.3 Å². The number of carbonyl (C=O) groups excluding carboxylic acids is 1. The van der Waals surface area contributed by atoms with E-state index in [-0.39, 0.29) is 6.03 Å². The van der Waals surface area contributed by atoms with Crippen molar-refractivity contribution in [3.8, 4) is 0 Å². The zero-order valence-corrected chi connectivity index (χ0v) is 11.3. The molecule has 1 aromatic heterocycles. The van der Waals surface area contributed by atoms with Crippen LogP contribution in [0.5, 0.6) is 0 Å². The smallest absolute Gasteiger partial charge is 0.317 e. The molecule has 0 aliphatic carbocycles. The number of likely N-dealkylation sites (tertiary alicyclic amines) is 1. The lowest BCUT2D eigenvalue weighted by molar-refractivity contribution is 0.169. The summed E-state index contributed by atoms with van der Waals surface area (Å²) >= 11 is 1.69. The van der Waals surface area contributed by atoms with Gasteiger partial charge in [0.1, 0.15) is 0 Å². The van der Waals surface area contributed by atoms with Crippen LogP contribution in [-0.4, -0.2) is 24.0 Å². The van der Waals surface area contributed by atoms with Gasteiger partial charge in [0.15, 0.2) is 0 Å². The van der Waals surface area contributed by atoms with Gasteiger partial charge in [-0.1, -0.05) is 6.92 Å². The number of hydrogen-bond acceptors (Lipinski definition) is 2. The molecule has 0 aromatic carbocycles. The third-order valence-corrected chi connectivity index (χ3v) is 4.25. The normalized spacial score (nSPS) is 20.4. The molecule has 1 N–H and O–H groups in total. The van der Waals surface area contributed by atoms with Gasteiger partial charge in [-0.3, -0.25) is 0 Å². The van der Waals surface area contributed by atoms with E-state index in [0.717, 1.165) is 19.5 Å². The molecular weight excluding hydrogens is 232 g/mol. The van der Waals surface area contributed by atoms with Crippen LogP contribution < -0.4 is 5.32 Å². The summed E-state index contributed by atoms with van der Waals surface area (Å²) in [5.41, 5.74) is 2.50. The van der Waals surface area contributed by atoms with Crippen LogP contribution >= 0.6 is 11.3 Å². The quantitative estimate of drug-likeness (QED) is 0.862. The molecule has 0 radical (unpaired) electrons. The second-order valence-electron chi connectivity index (χ2n) is 4.93. The van der Waals surface area contributed by atoms with Gasteiger partial charge in [0.05, 0.1) is 0 Å². The first-order chi connectivity index (χ1) is 8.16. The van der Waals surface area contributed by atoms with Gasteiger partial charge < -0.3 is 10.2 Å². The third-order valence-electron chi connectivity index (χ3n) is 3.34. The number of nitrogens with zero attached hydrogens (tertiary/aromatic N) is 1. The molecule has 0 saturated carbocycles. The highest BCUT2D eigenvalue weighted by molar-refractivity contribution is 7.08. The Morgan fingerprint density at radius 1 is 1.59 bits per heavy atom. The molecule has 1 aliphatic heterocycles. The maximum Gasteiger partial charge on any atom is 0.317 e. The van der Waals surface area contributed by atoms with Crippen molar-refractivity contribution >= 4 is 17.4 Å². The van der Waals surface area contributed by atoms with Crippen molar-refractivity contribution in [3.05, 3.63) is 21.9 Å². The summed E-state index contributed by atoms with van der Waals surface area (Å²) in [6, 6.07) is 0.0853. The Hall–Kier alpha value is -1.03.